The largest absolute Gasteiger partial charge is 1.00 e. The minimum atomic E-state index is 0. The molecule has 0 bridgehead atoms. The molecule has 4 heavy (non-hydrogen) atoms. The molecule has 1 radical (unpaired) electrons. The zero-order valence-corrected chi connectivity index (χ0v) is 4.55. The molecule has 0 N–H and O–H groups in total. The Morgan fingerprint density at radius 1 is 1.75 bits per heavy atom. The van der Waals surface area contributed by atoms with Crippen LogP contribution in [0.15, 0.2) is 0 Å². The first-order chi connectivity index (χ1) is 1.41. The predicted molar refractivity (Wildman–Crippen MR) is 11.0 cm³/mol. The Balaban J connectivity index is 0. The molecule has 0 aliphatic heterocycles. The van der Waals surface area contributed by atoms with Gasteiger partial charge < -0.3 is 6.92 Å². The quantitative estimate of drug-likeness (QED) is 0.551. The normalized spacial score (nSPS) is 1.75. The molecule has 23 valence electrons. The van der Waals surface area contributed by atoms with Crippen molar-refractivity contribution in [3.63, 3.8) is 0 Å². The van der Waals surface area contributed by atoms with Crippen molar-refractivity contribution >= 4 is 0 Å². The average Bonchev–Trinajstić information content (AvgIpc) is 0.918. The molecule has 2 heteroatoms. The Bertz CT molecular complexity index is 27.5. The van der Waals surface area contributed by atoms with Crippen LogP contribution in [0, 0.1) is 18.3 Å². The number of hydrogen-bond donors (Lipinski definition) is 0. The first-order valence-corrected chi connectivity index (χ1v) is 0.577. The fraction of sp³-hybridized carbons (Fsp3) is 0. The molecule has 1 nitrogen and oxygen atoms in total. The maximum absolute atomic E-state index is 7.21. The van der Waals surface area contributed by atoms with Gasteiger partial charge in [0.25, 0.3) is 0 Å². The molecule has 0 aromatic heterocycles. The van der Waals surface area contributed by atoms with E-state index in [0.717, 1.165) is 0 Å². The zero-order chi connectivity index (χ0) is 2.71. The molecule has 0 aliphatic carbocycles. The molecule has 0 amide bonds. The van der Waals surface area contributed by atoms with Crippen molar-refractivity contribution in [1.29, 1.82) is 5.26 Å². The van der Waals surface area contributed by atoms with Crippen molar-refractivity contribution in [1.82, 2.24) is 0 Å². The van der Waals surface area contributed by atoms with Crippen LogP contribution in [-0.2, 0) is 19.8 Å². The summed E-state index contributed by atoms with van der Waals surface area (Å²) < 4.78 is 0. The van der Waals surface area contributed by atoms with Gasteiger partial charge in [-0.05, 0) is 0 Å². The second kappa shape index (κ2) is 12.0. The molecule has 0 atom stereocenters. The van der Waals surface area contributed by atoms with Crippen LogP contribution in [0.25, 0.3) is 0 Å². The van der Waals surface area contributed by atoms with E-state index in [-0.39, 0.29) is 19.8 Å². The predicted octanol–water partition coefficient (Wildman–Crippen LogP) is 0.342. The van der Waals surface area contributed by atoms with E-state index in [1.165, 1.54) is 6.07 Å². The Hall–Kier alpha value is -0.00364. The molecule has 0 saturated heterocycles. The van der Waals surface area contributed by atoms with E-state index in [9.17, 15) is 0 Å². The van der Waals surface area contributed by atoms with Gasteiger partial charge in [-0.3, -0.25) is 0 Å². The Morgan fingerprint density at radius 3 is 1.75 bits per heavy atom. The van der Waals surface area contributed by atoms with Gasteiger partial charge in [0.15, 0.2) is 0 Å². The summed E-state index contributed by atoms with van der Waals surface area (Å²) in [6.45, 7) is 2.79. The summed E-state index contributed by atoms with van der Waals surface area (Å²) in [6, 6.07) is 1.50. The van der Waals surface area contributed by atoms with E-state index in [1.54, 1.807) is 0 Å². The first-order valence-electron chi connectivity index (χ1n) is 0.577. The van der Waals surface area contributed by atoms with Gasteiger partial charge in [-0.15, -0.1) is 6.07 Å². The molecule has 0 fully saturated rings. The average molecular weight is 230 g/mol. The standard InChI is InChI=1S/C2H2N.Os/c1-2-3;/h1H2;/q-1;+1. The van der Waals surface area contributed by atoms with Crippen LogP contribution < -0.4 is 0 Å². The van der Waals surface area contributed by atoms with Crippen LogP contribution in [-0.4, -0.2) is 0 Å². The summed E-state index contributed by atoms with van der Waals surface area (Å²) in [6.07, 6.45) is 0. The number of nitriles is 1. The Kier molecular flexibility index (Phi) is 27.1. The van der Waals surface area contributed by atoms with Crippen LogP contribution in [0.2, 0.25) is 0 Å². The van der Waals surface area contributed by atoms with Gasteiger partial charge in [0.2, 0.25) is 0 Å². The van der Waals surface area contributed by atoms with Gasteiger partial charge in [0.05, 0.1) is 0 Å². The van der Waals surface area contributed by atoms with E-state index in [2.05, 4.69) is 6.92 Å². The fourth-order valence-electron chi connectivity index (χ4n) is 0. The van der Waals surface area contributed by atoms with Crippen LogP contribution in [0.5, 0.6) is 0 Å². The molecule has 0 aliphatic rings. The summed E-state index contributed by atoms with van der Waals surface area (Å²) in [5.41, 5.74) is 0. The Labute approximate surface area is 38.7 Å². The third kappa shape index (κ3) is 150000. The van der Waals surface area contributed by atoms with Crippen LogP contribution in [0.1, 0.15) is 0 Å². The summed E-state index contributed by atoms with van der Waals surface area (Å²) in [5, 5.41) is 7.21. The molecule has 0 aromatic rings. The second-order valence-corrected chi connectivity index (χ2v) is 0.158. The summed E-state index contributed by atoms with van der Waals surface area (Å²) in [4.78, 5) is 0. The van der Waals surface area contributed by atoms with E-state index in [1.807, 2.05) is 0 Å². The van der Waals surface area contributed by atoms with Crippen molar-refractivity contribution in [2.75, 3.05) is 0 Å². The molecular formula is C2H2NOs. The second-order valence-electron chi connectivity index (χ2n) is 0.158. The van der Waals surface area contributed by atoms with Crippen molar-refractivity contribution < 1.29 is 19.8 Å². The van der Waals surface area contributed by atoms with Gasteiger partial charge in [-0.1, -0.05) is 0 Å². The monoisotopic (exact) mass is 232 g/mol. The molecule has 0 unspecified atom stereocenters. The first kappa shape index (κ1) is 9.00. The molecule has 0 saturated carbocycles. The fourth-order valence-corrected chi connectivity index (χ4v) is 0. The minimum Gasteiger partial charge on any atom is -0.305 e. The third-order valence-corrected chi connectivity index (χ3v) is 0. The van der Waals surface area contributed by atoms with E-state index in [4.69, 9.17) is 5.26 Å². The Morgan fingerprint density at radius 2 is 1.75 bits per heavy atom. The van der Waals surface area contributed by atoms with Crippen molar-refractivity contribution in [3.8, 4) is 6.07 Å². The van der Waals surface area contributed by atoms with Gasteiger partial charge in [0.1, 0.15) is 0 Å². The van der Waals surface area contributed by atoms with Crippen molar-refractivity contribution in [2.45, 2.75) is 0 Å². The molecule has 0 aromatic carbocycles. The zero-order valence-electron chi connectivity index (χ0n) is 2.01. The van der Waals surface area contributed by atoms with Crippen molar-refractivity contribution in [2.24, 2.45) is 0 Å². The van der Waals surface area contributed by atoms with Gasteiger partial charge in [-0.25, -0.2) is 5.26 Å². The summed E-state index contributed by atoms with van der Waals surface area (Å²) >= 11 is 0. The maximum atomic E-state index is 7.21. The number of nitrogens with zero attached hydrogens (tertiary/aromatic N) is 1. The summed E-state index contributed by atoms with van der Waals surface area (Å²) in [5.74, 6) is 0. The van der Waals surface area contributed by atoms with Gasteiger partial charge >= 0.3 is 19.8 Å². The van der Waals surface area contributed by atoms with E-state index in [0.29, 0.717) is 0 Å². The smallest absolute Gasteiger partial charge is 0.305 e. The van der Waals surface area contributed by atoms with Crippen LogP contribution in [0.4, 0.5) is 0 Å². The summed E-state index contributed by atoms with van der Waals surface area (Å²) in [7, 11) is 0. The molecule has 0 rings (SSSR count). The van der Waals surface area contributed by atoms with E-state index >= 15 is 0 Å². The SMILES string of the molecule is [CH2-]C#N.[Os+]. The van der Waals surface area contributed by atoms with Crippen molar-refractivity contribution in [3.05, 3.63) is 6.92 Å². The van der Waals surface area contributed by atoms with E-state index < -0.39 is 0 Å². The van der Waals surface area contributed by atoms with Gasteiger partial charge in [-0.2, -0.15) is 0 Å². The maximum Gasteiger partial charge on any atom is 1.00 e. The number of hydrogen-bond acceptors (Lipinski definition) is 1. The third-order valence-electron chi connectivity index (χ3n) is 0. The van der Waals surface area contributed by atoms with Crippen LogP contribution >= 0.6 is 0 Å². The minimum absolute atomic E-state index is 0. The molecular weight excluding hydrogens is 228 g/mol. The topological polar surface area (TPSA) is 23.8 Å². The molecule has 0 spiro atoms. The van der Waals surface area contributed by atoms with Crippen LogP contribution in [0.3, 0.4) is 0 Å². The molecule has 0 heterocycles. The number of rotatable bonds is 0. The van der Waals surface area contributed by atoms with Gasteiger partial charge in [0, 0.05) is 0 Å².